The lowest BCUT2D eigenvalue weighted by Gasteiger charge is -2.36. The van der Waals surface area contributed by atoms with Gasteiger partial charge in [0.15, 0.2) is 18.3 Å². The fraction of sp³-hybridized carbons (Fsp3) is 0.676. The number of likely N-dealkylation sites (N-methyl/N-ethyl adjacent to an activating group) is 3. The van der Waals surface area contributed by atoms with Gasteiger partial charge in [0.2, 0.25) is 0 Å². The van der Waals surface area contributed by atoms with Crippen molar-refractivity contribution in [3.63, 3.8) is 0 Å². The Bertz CT molecular complexity index is 1390. The molecule has 14 heteroatoms. The summed E-state index contributed by atoms with van der Waals surface area (Å²) in [5.74, 6) is -5.29. The maximum Gasteiger partial charge on any atom is 0.329 e. The van der Waals surface area contributed by atoms with E-state index in [-0.39, 0.29) is 6.42 Å². The third-order valence-corrected chi connectivity index (χ3v) is 10.2. The molecule has 1 aromatic rings. The smallest absolute Gasteiger partial charge is 0.329 e. The van der Waals surface area contributed by atoms with Gasteiger partial charge in [-0.15, -0.1) is 0 Å². The maximum atomic E-state index is 14.4. The molecular weight excluding hydrogens is 660 g/mol. The van der Waals surface area contributed by atoms with Crippen LogP contribution in [0.3, 0.4) is 0 Å². The second-order valence-electron chi connectivity index (χ2n) is 13.7. The average Bonchev–Trinajstić information content (AvgIpc) is 3.12. The Morgan fingerprint density at radius 2 is 1.10 bits per heavy atom. The molecule has 14 nitrogen and oxygen atoms in total. The lowest BCUT2D eigenvalue weighted by molar-refractivity contribution is -0.177. The van der Waals surface area contributed by atoms with Crippen LogP contribution in [-0.2, 0) is 54.1 Å². The SMILES string of the molecule is CCC(C)[C@H]1C(=O)O[C@H](Cc2ccc(N3CCOCC3)cc2)C(=O)N(C)[C@@H](C(C)CC)C(=O)O[C@H](C)C(=O)N(C)[C@@H](C)C(=O)O[C@H](C)C(=O)N1C. The van der Waals surface area contributed by atoms with E-state index >= 15 is 0 Å². The van der Waals surface area contributed by atoms with E-state index in [0.29, 0.717) is 31.6 Å². The van der Waals surface area contributed by atoms with Crippen molar-refractivity contribution in [2.24, 2.45) is 11.8 Å². The molecule has 3 rings (SSSR count). The van der Waals surface area contributed by atoms with E-state index in [1.807, 2.05) is 38.1 Å². The molecule has 0 aliphatic carbocycles. The summed E-state index contributed by atoms with van der Waals surface area (Å²) in [6.07, 6.45) is -3.06. The zero-order chi connectivity index (χ0) is 38.2. The summed E-state index contributed by atoms with van der Waals surface area (Å²) < 4.78 is 22.6. The summed E-state index contributed by atoms with van der Waals surface area (Å²) in [5.41, 5.74) is 1.69. The number of hydrogen-bond acceptors (Lipinski definition) is 11. The molecule has 2 aliphatic heterocycles. The number of ether oxygens (including phenoxy) is 4. The van der Waals surface area contributed by atoms with Crippen molar-refractivity contribution in [1.82, 2.24) is 14.7 Å². The van der Waals surface area contributed by atoms with Crippen LogP contribution >= 0.6 is 0 Å². The van der Waals surface area contributed by atoms with E-state index in [4.69, 9.17) is 18.9 Å². The van der Waals surface area contributed by atoms with Crippen LogP contribution in [0.1, 0.15) is 66.9 Å². The number of anilines is 1. The highest BCUT2D eigenvalue weighted by Crippen LogP contribution is 2.24. The highest BCUT2D eigenvalue weighted by Gasteiger charge is 2.42. The van der Waals surface area contributed by atoms with Gasteiger partial charge in [-0.25, -0.2) is 14.4 Å². The third kappa shape index (κ3) is 9.99. The number of rotatable bonds is 7. The topological polar surface area (TPSA) is 152 Å². The lowest BCUT2D eigenvalue weighted by atomic mass is 9.96. The molecule has 0 saturated carbocycles. The van der Waals surface area contributed by atoms with Gasteiger partial charge in [0.1, 0.15) is 18.1 Å². The normalized spacial score (nSPS) is 28.0. The molecular formula is C37H56N4O10. The molecule has 0 radical (unpaired) electrons. The van der Waals surface area contributed by atoms with Gasteiger partial charge in [-0.3, -0.25) is 14.4 Å². The van der Waals surface area contributed by atoms with Crippen molar-refractivity contribution in [3.8, 4) is 0 Å². The minimum atomic E-state index is -1.38. The maximum absolute atomic E-state index is 14.4. The van der Waals surface area contributed by atoms with Crippen molar-refractivity contribution >= 4 is 41.3 Å². The molecule has 0 bridgehead atoms. The van der Waals surface area contributed by atoms with Crippen LogP contribution in [0.15, 0.2) is 24.3 Å². The number of benzene rings is 1. The Morgan fingerprint density at radius 3 is 1.61 bits per heavy atom. The molecule has 2 aliphatic rings. The Balaban J connectivity index is 2.09. The Hall–Kier alpha value is -4.20. The zero-order valence-corrected chi connectivity index (χ0v) is 31.7. The van der Waals surface area contributed by atoms with Gasteiger partial charge in [-0.2, -0.15) is 0 Å². The van der Waals surface area contributed by atoms with Crippen molar-refractivity contribution in [2.45, 2.75) is 104 Å². The zero-order valence-electron chi connectivity index (χ0n) is 31.7. The van der Waals surface area contributed by atoms with Gasteiger partial charge in [0, 0.05) is 46.3 Å². The van der Waals surface area contributed by atoms with E-state index < -0.39 is 83.9 Å². The molecule has 1 aromatic carbocycles. The second kappa shape index (κ2) is 18.3. The Labute approximate surface area is 301 Å². The standard InChI is InChI=1S/C37H56N4O10/c1-11-22(3)30-36(46)50-25(6)32(42)38(8)24(5)35(45)49-26(7)33(43)39(9)31(23(4)12-2)37(47)51-29(34(44)40(30)10)21-27-13-15-28(16-14-27)41-17-19-48-20-18-41/h13-16,22-26,29-31H,11-12,17-21H2,1-10H3/t22?,23?,24-,25+,26+,29+,30-,31-/m0/s1. The molecule has 0 spiro atoms. The van der Waals surface area contributed by atoms with E-state index in [1.165, 1.54) is 51.7 Å². The predicted octanol–water partition coefficient (Wildman–Crippen LogP) is 2.45. The van der Waals surface area contributed by atoms with Crippen molar-refractivity contribution < 1.29 is 47.7 Å². The quantitative estimate of drug-likeness (QED) is 0.302. The summed E-state index contributed by atoms with van der Waals surface area (Å²) in [4.78, 5) is 87.9. The summed E-state index contributed by atoms with van der Waals surface area (Å²) in [6.45, 7) is 14.2. The fourth-order valence-corrected chi connectivity index (χ4v) is 6.30. The summed E-state index contributed by atoms with van der Waals surface area (Å²) in [7, 11) is 4.23. The van der Waals surface area contributed by atoms with Crippen LogP contribution in [0.25, 0.3) is 0 Å². The number of carbonyl (C=O) groups is 6. The van der Waals surface area contributed by atoms with Crippen LogP contribution in [0.4, 0.5) is 5.69 Å². The predicted molar refractivity (Wildman–Crippen MR) is 188 cm³/mol. The molecule has 0 N–H and O–H groups in total. The summed E-state index contributed by atoms with van der Waals surface area (Å²) in [6, 6.07) is 4.19. The van der Waals surface area contributed by atoms with Crippen molar-refractivity contribution in [1.29, 1.82) is 0 Å². The summed E-state index contributed by atoms with van der Waals surface area (Å²) in [5, 5.41) is 0. The van der Waals surface area contributed by atoms with Gasteiger partial charge < -0.3 is 38.5 Å². The number of hydrogen-bond donors (Lipinski definition) is 0. The first-order valence-corrected chi connectivity index (χ1v) is 17.9. The van der Waals surface area contributed by atoms with Crippen LogP contribution < -0.4 is 4.90 Å². The van der Waals surface area contributed by atoms with E-state index in [0.717, 1.165) is 23.7 Å². The van der Waals surface area contributed by atoms with Gasteiger partial charge in [0.05, 0.1) is 13.2 Å². The van der Waals surface area contributed by atoms with Gasteiger partial charge in [-0.1, -0.05) is 52.7 Å². The van der Waals surface area contributed by atoms with Crippen LogP contribution in [0, 0.1) is 11.8 Å². The first-order chi connectivity index (χ1) is 24.0. The Kier molecular flexibility index (Phi) is 14.8. The average molecular weight is 717 g/mol. The van der Waals surface area contributed by atoms with E-state index in [2.05, 4.69) is 4.90 Å². The number of carbonyl (C=O) groups excluding carboxylic acids is 6. The van der Waals surface area contributed by atoms with E-state index in [1.54, 1.807) is 13.8 Å². The van der Waals surface area contributed by atoms with Crippen molar-refractivity contribution in [3.05, 3.63) is 29.8 Å². The number of morpholine rings is 1. The molecule has 3 amide bonds. The highest BCUT2D eigenvalue weighted by molar-refractivity contribution is 5.93. The van der Waals surface area contributed by atoms with Crippen LogP contribution in [0.2, 0.25) is 0 Å². The summed E-state index contributed by atoms with van der Waals surface area (Å²) >= 11 is 0. The number of esters is 3. The van der Waals surface area contributed by atoms with Gasteiger partial charge >= 0.3 is 17.9 Å². The first-order valence-electron chi connectivity index (χ1n) is 17.9. The molecule has 2 saturated heterocycles. The third-order valence-electron chi connectivity index (χ3n) is 10.2. The molecule has 2 unspecified atom stereocenters. The van der Waals surface area contributed by atoms with Gasteiger partial charge in [0.25, 0.3) is 17.7 Å². The number of amides is 3. The lowest BCUT2D eigenvalue weighted by Crippen LogP contribution is -2.56. The highest BCUT2D eigenvalue weighted by atomic mass is 16.6. The molecule has 51 heavy (non-hydrogen) atoms. The number of nitrogens with zero attached hydrogens (tertiary/aromatic N) is 4. The minimum absolute atomic E-state index is 0.0168. The molecule has 2 heterocycles. The first kappa shape index (κ1) is 41.2. The van der Waals surface area contributed by atoms with Crippen LogP contribution in [0.5, 0.6) is 0 Å². The Morgan fingerprint density at radius 1 is 0.647 bits per heavy atom. The fourth-order valence-electron chi connectivity index (χ4n) is 6.30. The number of cyclic esters (lactones) is 3. The monoisotopic (exact) mass is 716 g/mol. The second-order valence-corrected chi connectivity index (χ2v) is 13.7. The minimum Gasteiger partial charge on any atom is -0.451 e. The largest absolute Gasteiger partial charge is 0.451 e. The molecule has 0 aromatic heterocycles. The van der Waals surface area contributed by atoms with Crippen LogP contribution in [-0.4, -0.2) is 134 Å². The molecule has 8 atom stereocenters. The van der Waals surface area contributed by atoms with Gasteiger partial charge in [-0.05, 0) is 50.3 Å². The molecule has 2 fully saturated rings. The molecule has 284 valence electrons. The van der Waals surface area contributed by atoms with E-state index in [9.17, 15) is 28.8 Å². The van der Waals surface area contributed by atoms with Crippen molar-refractivity contribution in [2.75, 3.05) is 52.3 Å².